The van der Waals surface area contributed by atoms with E-state index in [0.717, 1.165) is 29.9 Å². The van der Waals surface area contributed by atoms with E-state index < -0.39 is 0 Å². The molecule has 3 heterocycles. The zero-order chi connectivity index (χ0) is 15.5. The summed E-state index contributed by atoms with van der Waals surface area (Å²) in [7, 11) is 0. The van der Waals surface area contributed by atoms with Crippen molar-refractivity contribution in [1.29, 1.82) is 0 Å². The molecule has 3 rings (SSSR count). The van der Waals surface area contributed by atoms with Crippen molar-refractivity contribution in [1.82, 2.24) is 24.1 Å². The molecule has 1 aromatic heterocycles. The van der Waals surface area contributed by atoms with Crippen LogP contribution in [-0.2, 0) is 13.3 Å². The third kappa shape index (κ3) is 3.97. The Morgan fingerprint density at radius 2 is 1.45 bits per heavy atom. The lowest BCUT2D eigenvalue weighted by Crippen LogP contribution is -2.35. The molecule has 0 atom stereocenters. The standard InChI is InChI=1S/C16H29N5S/c1-14-3-7-18(8-4-14)12-20-11-17-21(16(20)22)13-19-9-5-15(2)6-10-19/h11,14-15H,3-10,12-13H2,1-2H3. The van der Waals surface area contributed by atoms with Gasteiger partial charge in [-0.1, -0.05) is 13.8 Å². The van der Waals surface area contributed by atoms with Gasteiger partial charge in [0.05, 0.1) is 13.3 Å². The Morgan fingerprint density at radius 3 is 2.00 bits per heavy atom. The van der Waals surface area contributed by atoms with Gasteiger partial charge in [0.2, 0.25) is 0 Å². The third-order valence-corrected chi connectivity index (χ3v) is 5.68. The van der Waals surface area contributed by atoms with Gasteiger partial charge in [-0.2, -0.15) is 5.10 Å². The van der Waals surface area contributed by atoms with Gasteiger partial charge in [0.25, 0.3) is 0 Å². The highest BCUT2D eigenvalue weighted by Crippen LogP contribution is 2.18. The topological polar surface area (TPSA) is 29.2 Å². The van der Waals surface area contributed by atoms with Gasteiger partial charge in [-0.25, -0.2) is 4.68 Å². The van der Waals surface area contributed by atoms with Gasteiger partial charge in [0, 0.05) is 26.2 Å². The number of rotatable bonds is 4. The molecule has 0 aliphatic carbocycles. The Labute approximate surface area is 138 Å². The molecule has 0 saturated carbocycles. The summed E-state index contributed by atoms with van der Waals surface area (Å²) in [6.45, 7) is 11.1. The van der Waals surface area contributed by atoms with Gasteiger partial charge in [0.15, 0.2) is 4.77 Å². The van der Waals surface area contributed by atoms with Gasteiger partial charge < -0.3 is 0 Å². The minimum absolute atomic E-state index is 0.843. The van der Waals surface area contributed by atoms with Crippen molar-refractivity contribution in [3.8, 4) is 0 Å². The Hall–Kier alpha value is -0.720. The van der Waals surface area contributed by atoms with E-state index in [1.165, 1.54) is 51.9 Å². The number of aromatic nitrogens is 3. The summed E-state index contributed by atoms with van der Waals surface area (Å²) in [5.74, 6) is 1.73. The second-order valence-corrected chi connectivity index (χ2v) is 7.63. The third-order valence-electron chi connectivity index (χ3n) is 5.24. The van der Waals surface area contributed by atoms with Crippen LogP contribution in [0, 0.1) is 16.6 Å². The largest absolute Gasteiger partial charge is 0.293 e. The fraction of sp³-hybridized carbons (Fsp3) is 0.875. The molecule has 2 aliphatic heterocycles. The molecular formula is C16H29N5S. The van der Waals surface area contributed by atoms with E-state index in [1.807, 2.05) is 11.0 Å². The van der Waals surface area contributed by atoms with E-state index in [-0.39, 0.29) is 0 Å². The smallest absolute Gasteiger partial charge is 0.200 e. The first-order valence-electron chi connectivity index (χ1n) is 8.69. The van der Waals surface area contributed by atoms with Crippen LogP contribution < -0.4 is 0 Å². The summed E-state index contributed by atoms with van der Waals surface area (Å²) in [6, 6.07) is 0. The average Bonchev–Trinajstić information content (AvgIpc) is 2.85. The summed E-state index contributed by atoms with van der Waals surface area (Å²) >= 11 is 5.62. The Bertz CT molecular complexity index is 476. The molecule has 0 N–H and O–H groups in total. The molecule has 0 aromatic carbocycles. The highest BCUT2D eigenvalue weighted by Gasteiger charge is 2.18. The highest BCUT2D eigenvalue weighted by atomic mass is 32.1. The van der Waals surface area contributed by atoms with Crippen LogP contribution in [0.4, 0.5) is 0 Å². The normalized spacial score (nSPS) is 23.2. The number of hydrogen-bond acceptors (Lipinski definition) is 4. The maximum absolute atomic E-state index is 5.62. The van der Waals surface area contributed by atoms with Gasteiger partial charge >= 0.3 is 0 Å². The van der Waals surface area contributed by atoms with E-state index in [4.69, 9.17) is 12.2 Å². The van der Waals surface area contributed by atoms with Crippen molar-refractivity contribution in [2.45, 2.75) is 52.9 Å². The fourth-order valence-electron chi connectivity index (χ4n) is 3.38. The molecular weight excluding hydrogens is 294 g/mol. The van der Waals surface area contributed by atoms with Crippen LogP contribution in [0.25, 0.3) is 0 Å². The van der Waals surface area contributed by atoms with E-state index in [9.17, 15) is 0 Å². The summed E-state index contributed by atoms with van der Waals surface area (Å²) in [6.07, 6.45) is 7.09. The maximum Gasteiger partial charge on any atom is 0.200 e. The molecule has 5 nitrogen and oxygen atoms in total. The minimum atomic E-state index is 0.843. The van der Waals surface area contributed by atoms with Gasteiger partial charge in [0.1, 0.15) is 6.33 Å². The molecule has 0 radical (unpaired) electrons. The number of piperidine rings is 2. The molecule has 6 heteroatoms. The van der Waals surface area contributed by atoms with Crippen molar-refractivity contribution in [2.24, 2.45) is 11.8 Å². The number of hydrogen-bond donors (Lipinski definition) is 0. The van der Waals surface area contributed by atoms with Crippen LogP contribution in [0.2, 0.25) is 0 Å². The maximum atomic E-state index is 5.62. The van der Waals surface area contributed by atoms with Crippen molar-refractivity contribution in [2.75, 3.05) is 26.2 Å². The first-order chi connectivity index (χ1) is 10.6. The van der Waals surface area contributed by atoms with Crippen LogP contribution in [0.15, 0.2) is 6.33 Å². The van der Waals surface area contributed by atoms with Crippen molar-refractivity contribution in [3.05, 3.63) is 11.1 Å². The minimum Gasteiger partial charge on any atom is -0.293 e. The monoisotopic (exact) mass is 323 g/mol. The Morgan fingerprint density at radius 1 is 0.955 bits per heavy atom. The zero-order valence-electron chi connectivity index (χ0n) is 13.9. The van der Waals surface area contributed by atoms with Crippen molar-refractivity contribution in [3.63, 3.8) is 0 Å². The Balaban J connectivity index is 1.56. The lowest BCUT2D eigenvalue weighted by molar-refractivity contribution is 0.141. The van der Waals surface area contributed by atoms with E-state index >= 15 is 0 Å². The summed E-state index contributed by atoms with van der Waals surface area (Å²) in [5.41, 5.74) is 0. The lowest BCUT2D eigenvalue weighted by Gasteiger charge is -2.30. The zero-order valence-corrected chi connectivity index (χ0v) is 14.8. The van der Waals surface area contributed by atoms with Crippen LogP contribution >= 0.6 is 12.2 Å². The van der Waals surface area contributed by atoms with E-state index in [0.29, 0.717) is 0 Å². The lowest BCUT2D eigenvalue weighted by atomic mass is 10.00. The number of nitrogens with zero attached hydrogens (tertiary/aromatic N) is 5. The molecule has 1 aromatic rings. The summed E-state index contributed by atoms with van der Waals surface area (Å²) < 4.78 is 4.97. The molecule has 0 spiro atoms. The molecule has 2 fully saturated rings. The molecule has 2 aliphatic rings. The van der Waals surface area contributed by atoms with Gasteiger partial charge in [-0.05, 0) is 49.7 Å². The van der Waals surface area contributed by atoms with E-state index in [1.54, 1.807) is 0 Å². The molecule has 0 bridgehead atoms. The fourth-order valence-corrected chi connectivity index (χ4v) is 3.59. The first-order valence-corrected chi connectivity index (χ1v) is 9.09. The van der Waals surface area contributed by atoms with E-state index in [2.05, 4.69) is 33.3 Å². The van der Waals surface area contributed by atoms with Crippen molar-refractivity contribution < 1.29 is 0 Å². The van der Waals surface area contributed by atoms with Crippen LogP contribution in [0.5, 0.6) is 0 Å². The summed E-state index contributed by atoms with van der Waals surface area (Å²) in [5, 5.41) is 4.52. The predicted octanol–water partition coefficient (Wildman–Crippen LogP) is 2.79. The van der Waals surface area contributed by atoms with Crippen LogP contribution in [-0.4, -0.2) is 50.3 Å². The predicted molar refractivity (Wildman–Crippen MR) is 91.0 cm³/mol. The van der Waals surface area contributed by atoms with Gasteiger partial charge in [-0.3, -0.25) is 14.4 Å². The van der Waals surface area contributed by atoms with Gasteiger partial charge in [-0.15, -0.1) is 0 Å². The second-order valence-electron chi connectivity index (χ2n) is 7.27. The van der Waals surface area contributed by atoms with Crippen LogP contribution in [0.3, 0.4) is 0 Å². The second kappa shape index (κ2) is 7.23. The van der Waals surface area contributed by atoms with Crippen molar-refractivity contribution >= 4 is 12.2 Å². The first kappa shape index (κ1) is 16.1. The molecule has 124 valence electrons. The van der Waals surface area contributed by atoms with Crippen LogP contribution in [0.1, 0.15) is 39.5 Å². The SMILES string of the molecule is CC1CCN(Cn2cnn(CN3CCC(C)CC3)c2=S)CC1. The Kier molecular flexibility index (Phi) is 5.31. The molecule has 0 amide bonds. The quantitative estimate of drug-likeness (QED) is 0.797. The highest BCUT2D eigenvalue weighted by molar-refractivity contribution is 7.71. The molecule has 0 unspecified atom stereocenters. The average molecular weight is 324 g/mol. The summed E-state index contributed by atoms with van der Waals surface area (Å²) in [4.78, 5) is 4.96. The molecule has 22 heavy (non-hydrogen) atoms. The number of likely N-dealkylation sites (tertiary alicyclic amines) is 2. The molecule has 2 saturated heterocycles.